The second-order valence-corrected chi connectivity index (χ2v) is 7.92. The lowest BCUT2D eigenvalue weighted by molar-refractivity contribution is -0.134. The van der Waals surface area contributed by atoms with Crippen molar-refractivity contribution in [1.82, 2.24) is 30.8 Å². The number of aliphatic carboxylic acids is 1. The normalized spacial score (nSPS) is 14.0. The number of rotatable bonds is 8. The smallest absolute Gasteiger partial charge is 0.300 e. The van der Waals surface area contributed by atoms with Crippen LogP contribution < -0.4 is 10.1 Å². The number of nitrogens with zero attached hydrogens (tertiary/aromatic N) is 4. The predicted octanol–water partition coefficient (Wildman–Crippen LogP) is 2.62. The van der Waals surface area contributed by atoms with Crippen LogP contribution >= 0.6 is 0 Å². The average Bonchev–Trinajstić information content (AvgIpc) is 3.38. The summed E-state index contributed by atoms with van der Waals surface area (Å²) in [4.78, 5) is 23.7. The number of ether oxygens (including phenoxy) is 1. The minimum Gasteiger partial charge on any atom is -0.493 e. The molecule has 2 heterocycles. The molecule has 1 aliphatic heterocycles. The fourth-order valence-corrected chi connectivity index (χ4v) is 3.69. The number of piperidine rings is 1. The van der Waals surface area contributed by atoms with Crippen LogP contribution in [0.5, 0.6) is 5.75 Å². The highest BCUT2D eigenvalue weighted by molar-refractivity contribution is 5.94. The molecule has 0 spiro atoms. The van der Waals surface area contributed by atoms with Crippen LogP contribution in [0, 0.1) is 0 Å². The number of tetrazole rings is 1. The van der Waals surface area contributed by atoms with Crippen LogP contribution in [-0.4, -0.2) is 74.8 Å². The number of hydrogen-bond donors (Lipinski definition) is 3. The van der Waals surface area contributed by atoms with E-state index in [9.17, 15) is 4.79 Å². The molecule has 10 heteroatoms. The number of amides is 1. The van der Waals surface area contributed by atoms with E-state index in [-0.39, 0.29) is 11.9 Å². The summed E-state index contributed by atoms with van der Waals surface area (Å²) in [5.41, 5.74) is 1.58. The van der Waals surface area contributed by atoms with Gasteiger partial charge in [0.05, 0.1) is 12.2 Å². The van der Waals surface area contributed by atoms with E-state index in [0.29, 0.717) is 12.4 Å². The Kier molecular flexibility index (Phi) is 9.53. The van der Waals surface area contributed by atoms with E-state index in [2.05, 4.69) is 30.8 Å². The molecule has 0 bridgehead atoms. The Morgan fingerprint density at radius 2 is 1.79 bits per heavy atom. The average molecular weight is 467 g/mol. The monoisotopic (exact) mass is 466 g/mol. The van der Waals surface area contributed by atoms with Crippen molar-refractivity contribution in [3.05, 3.63) is 60.2 Å². The van der Waals surface area contributed by atoms with Gasteiger partial charge in [0.25, 0.3) is 11.9 Å². The molecule has 180 valence electrons. The first kappa shape index (κ1) is 24.8. The van der Waals surface area contributed by atoms with Gasteiger partial charge in [0.15, 0.2) is 5.82 Å². The number of carbonyl (C=O) groups is 2. The largest absolute Gasteiger partial charge is 0.493 e. The molecule has 0 unspecified atom stereocenters. The number of hydrogen-bond acceptors (Lipinski definition) is 7. The molecule has 1 aromatic heterocycles. The summed E-state index contributed by atoms with van der Waals surface area (Å²) in [6.45, 7) is 4.66. The van der Waals surface area contributed by atoms with Gasteiger partial charge in [-0.1, -0.05) is 30.3 Å². The van der Waals surface area contributed by atoms with E-state index in [1.165, 1.54) is 0 Å². The highest BCUT2D eigenvalue weighted by atomic mass is 16.5. The molecular weight excluding hydrogens is 436 g/mol. The Bertz CT molecular complexity index is 1020. The highest BCUT2D eigenvalue weighted by Crippen LogP contribution is 2.26. The molecule has 10 nitrogen and oxygen atoms in total. The number of aromatic amines is 1. The van der Waals surface area contributed by atoms with Crippen LogP contribution in [0.25, 0.3) is 11.4 Å². The first-order chi connectivity index (χ1) is 16.5. The van der Waals surface area contributed by atoms with Crippen LogP contribution in [0.3, 0.4) is 0 Å². The van der Waals surface area contributed by atoms with Crippen molar-refractivity contribution in [2.24, 2.45) is 0 Å². The topological polar surface area (TPSA) is 133 Å². The molecule has 3 N–H and O–H groups in total. The van der Waals surface area contributed by atoms with E-state index in [0.717, 1.165) is 62.7 Å². The lowest BCUT2D eigenvalue weighted by atomic mass is 10.0. The first-order valence-corrected chi connectivity index (χ1v) is 11.3. The summed E-state index contributed by atoms with van der Waals surface area (Å²) < 4.78 is 5.98. The Morgan fingerprint density at radius 3 is 2.47 bits per heavy atom. The maximum atomic E-state index is 12.3. The lowest BCUT2D eigenvalue weighted by Crippen LogP contribution is -2.45. The van der Waals surface area contributed by atoms with E-state index in [1.807, 2.05) is 54.6 Å². The molecule has 1 fully saturated rings. The number of benzene rings is 2. The molecule has 3 aromatic rings. The molecular formula is C24H30N6O4. The summed E-state index contributed by atoms with van der Waals surface area (Å²) >= 11 is 0. The Labute approximate surface area is 198 Å². The highest BCUT2D eigenvalue weighted by Gasteiger charge is 2.21. The molecule has 0 radical (unpaired) electrons. The Hall–Kier alpha value is -3.79. The molecule has 4 rings (SSSR count). The van der Waals surface area contributed by atoms with E-state index in [1.54, 1.807) is 0 Å². The second-order valence-electron chi connectivity index (χ2n) is 7.92. The molecule has 1 saturated heterocycles. The van der Waals surface area contributed by atoms with E-state index < -0.39 is 5.97 Å². The molecule has 1 aliphatic rings. The van der Waals surface area contributed by atoms with Gasteiger partial charge in [0.1, 0.15) is 5.75 Å². The SMILES string of the molecule is CC(=O)O.O=C(NC1CCN(CCCOc2ccccc2-c2nnn[nH]2)CC1)c1ccccc1. The number of nitrogens with one attached hydrogen (secondary N) is 2. The molecule has 2 aromatic carbocycles. The van der Waals surface area contributed by atoms with Crippen LogP contribution in [0.15, 0.2) is 54.6 Å². The van der Waals surface area contributed by atoms with Gasteiger partial charge in [0, 0.05) is 38.2 Å². The second kappa shape index (κ2) is 13.0. The maximum Gasteiger partial charge on any atom is 0.300 e. The molecule has 34 heavy (non-hydrogen) atoms. The van der Waals surface area contributed by atoms with Crippen molar-refractivity contribution in [3.8, 4) is 17.1 Å². The number of aromatic nitrogens is 4. The number of likely N-dealkylation sites (tertiary alicyclic amines) is 1. The number of para-hydroxylation sites is 1. The zero-order chi connectivity index (χ0) is 24.2. The fraction of sp³-hybridized carbons (Fsp3) is 0.375. The van der Waals surface area contributed by atoms with Gasteiger partial charge in [-0.15, -0.1) is 5.10 Å². The van der Waals surface area contributed by atoms with Gasteiger partial charge in [-0.05, 0) is 54.0 Å². The third kappa shape index (κ3) is 7.96. The van der Waals surface area contributed by atoms with Gasteiger partial charge in [-0.25, -0.2) is 5.10 Å². The zero-order valence-electron chi connectivity index (χ0n) is 19.2. The molecule has 0 saturated carbocycles. The summed E-state index contributed by atoms with van der Waals surface area (Å²) in [7, 11) is 0. The Balaban J connectivity index is 0.000000751. The zero-order valence-corrected chi connectivity index (χ0v) is 19.2. The standard InChI is InChI=1S/C22H26N6O2.C2H4O2/c29-22(17-7-2-1-3-8-17)23-18-11-14-28(15-12-18)13-6-16-30-20-10-5-4-9-19(20)21-24-26-27-25-21;1-2(3)4/h1-5,7-10,18H,6,11-16H2,(H,23,29)(H,24,25,26,27);1H3,(H,3,4). The van der Waals surface area contributed by atoms with Crippen LogP contribution in [-0.2, 0) is 4.79 Å². The minimum absolute atomic E-state index is 0.0167. The van der Waals surface area contributed by atoms with Gasteiger partial charge < -0.3 is 20.1 Å². The van der Waals surface area contributed by atoms with Crippen LogP contribution in [0.2, 0.25) is 0 Å². The van der Waals surface area contributed by atoms with Gasteiger partial charge in [-0.2, -0.15) is 0 Å². The Morgan fingerprint density at radius 1 is 1.12 bits per heavy atom. The lowest BCUT2D eigenvalue weighted by Gasteiger charge is -2.32. The van der Waals surface area contributed by atoms with Gasteiger partial charge in [-0.3, -0.25) is 9.59 Å². The summed E-state index contributed by atoms with van der Waals surface area (Å²) in [5.74, 6) is 0.562. The summed E-state index contributed by atoms with van der Waals surface area (Å²) in [5, 5.41) is 24.6. The maximum absolute atomic E-state index is 12.3. The number of H-pyrrole nitrogens is 1. The van der Waals surface area contributed by atoms with E-state index in [4.69, 9.17) is 14.6 Å². The third-order valence-corrected chi connectivity index (χ3v) is 5.32. The number of carboxylic acid groups (broad SMARTS) is 1. The van der Waals surface area contributed by atoms with Crippen molar-refractivity contribution in [3.63, 3.8) is 0 Å². The van der Waals surface area contributed by atoms with Crippen molar-refractivity contribution in [2.45, 2.75) is 32.2 Å². The molecule has 0 atom stereocenters. The first-order valence-electron chi connectivity index (χ1n) is 11.3. The molecule has 1 amide bonds. The third-order valence-electron chi connectivity index (χ3n) is 5.32. The predicted molar refractivity (Wildman–Crippen MR) is 126 cm³/mol. The van der Waals surface area contributed by atoms with Crippen LogP contribution in [0.1, 0.15) is 36.5 Å². The van der Waals surface area contributed by atoms with Crippen molar-refractivity contribution >= 4 is 11.9 Å². The summed E-state index contributed by atoms with van der Waals surface area (Å²) in [6, 6.07) is 17.4. The fourth-order valence-electron chi connectivity index (χ4n) is 3.69. The van der Waals surface area contributed by atoms with Crippen molar-refractivity contribution in [2.75, 3.05) is 26.2 Å². The summed E-state index contributed by atoms with van der Waals surface area (Å²) in [6.07, 6.45) is 2.88. The number of carboxylic acids is 1. The van der Waals surface area contributed by atoms with Crippen molar-refractivity contribution in [1.29, 1.82) is 0 Å². The van der Waals surface area contributed by atoms with E-state index >= 15 is 0 Å². The minimum atomic E-state index is -0.833. The number of carbonyl (C=O) groups excluding carboxylic acids is 1. The molecule has 0 aliphatic carbocycles. The van der Waals surface area contributed by atoms with Crippen molar-refractivity contribution < 1.29 is 19.4 Å². The quantitative estimate of drug-likeness (QED) is 0.432. The van der Waals surface area contributed by atoms with Gasteiger partial charge >= 0.3 is 0 Å². The van der Waals surface area contributed by atoms with Crippen LogP contribution in [0.4, 0.5) is 0 Å². The van der Waals surface area contributed by atoms with Gasteiger partial charge in [0.2, 0.25) is 0 Å².